The van der Waals surface area contributed by atoms with E-state index in [1.165, 1.54) is 6.33 Å². The van der Waals surface area contributed by atoms with Crippen LogP contribution >= 0.6 is 0 Å². The predicted molar refractivity (Wildman–Crippen MR) is 106 cm³/mol. The van der Waals surface area contributed by atoms with E-state index in [1.807, 2.05) is 48.5 Å². The summed E-state index contributed by atoms with van der Waals surface area (Å²) in [5.41, 5.74) is 2.78. The van der Waals surface area contributed by atoms with E-state index in [4.69, 9.17) is 9.47 Å². The summed E-state index contributed by atoms with van der Waals surface area (Å²) < 4.78 is 11.1. The van der Waals surface area contributed by atoms with Gasteiger partial charge in [0.1, 0.15) is 24.2 Å². The molecule has 6 heteroatoms. The normalized spacial score (nSPS) is 11.0. The Hall–Kier alpha value is -3.93. The second-order valence-corrected chi connectivity index (χ2v) is 5.95. The molecule has 0 spiro atoms. The van der Waals surface area contributed by atoms with E-state index in [9.17, 15) is 4.79 Å². The molecule has 0 amide bonds. The molecule has 138 valence electrons. The van der Waals surface area contributed by atoms with Gasteiger partial charge in [0, 0.05) is 5.69 Å². The summed E-state index contributed by atoms with van der Waals surface area (Å²) in [4.78, 5) is 23.6. The summed E-state index contributed by atoms with van der Waals surface area (Å²) >= 11 is 0. The van der Waals surface area contributed by atoms with E-state index in [1.54, 1.807) is 30.3 Å². The van der Waals surface area contributed by atoms with Gasteiger partial charge in [0.05, 0.1) is 11.1 Å². The number of H-pyrrole nitrogens is 1. The lowest BCUT2D eigenvalue weighted by Crippen LogP contribution is -2.04. The van der Waals surface area contributed by atoms with Gasteiger partial charge in [-0.1, -0.05) is 36.4 Å². The van der Waals surface area contributed by atoms with Crippen molar-refractivity contribution in [3.05, 3.63) is 90.4 Å². The van der Waals surface area contributed by atoms with E-state index in [2.05, 4.69) is 15.0 Å². The highest BCUT2D eigenvalue weighted by atomic mass is 16.5. The molecular weight excluding hydrogens is 354 g/mol. The van der Waals surface area contributed by atoms with Crippen LogP contribution in [0.25, 0.3) is 17.1 Å². The molecule has 2 aromatic carbocycles. The molecule has 0 saturated carbocycles. The number of nitrogens with zero attached hydrogens (tertiary/aromatic N) is 2. The van der Waals surface area contributed by atoms with E-state index < -0.39 is 0 Å². The van der Waals surface area contributed by atoms with Gasteiger partial charge in [-0.25, -0.2) is 9.78 Å². The molecule has 0 aliphatic heterocycles. The van der Waals surface area contributed by atoms with Gasteiger partial charge in [0.25, 0.3) is 0 Å². The molecule has 4 rings (SSSR count). The lowest BCUT2D eigenvalue weighted by atomic mass is 10.2. The molecule has 0 aliphatic rings. The molecule has 0 bridgehead atoms. The van der Waals surface area contributed by atoms with Crippen molar-refractivity contribution < 1.29 is 14.3 Å². The summed E-state index contributed by atoms with van der Waals surface area (Å²) in [5, 5.41) is 0. The highest BCUT2D eigenvalue weighted by molar-refractivity contribution is 5.89. The predicted octanol–water partition coefficient (Wildman–Crippen LogP) is 4.62. The van der Waals surface area contributed by atoms with Crippen molar-refractivity contribution in [2.24, 2.45) is 0 Å². The zero-order valence-electron chi connectivity index (χ0n) is 14.9. The number of hydrogen-bond donors (Lipinski definition) is 1. The van der Waals surface area contributed by atoms with Crippen molar-refractivity contribution in [2.75, 3.05) is 6.61 Å². The van der Waals surface area contributed by atoms with Gasteiger partial charge < -0.3 is 14.5 Å². The van der Waals surface area contributed by atoms with Crippen molar-refractivity contribution in [3.8, 4) is 11.6 Å². The quantitative estimate of drug-likeness (QED) is 0.501. The third kappa shape index (κ3) is 4.07. The minimum atomic E-state index is -0.355. The summed E-state index contributed by atoms with van der Waals surface area (Å²) in [5.74, 6) is 0.791. The summed E-state index contributed by atoms with van der Waals surface area (Å²) in [6, 6.07) is 20.2. The first-order valence-corrected chi connectivity index (χ1v) is 8.75. The van der Waals surface area contributed by atoms with Crippen LogP contribution in [0.1, 0.15) is 16.1 Å². The van der Waals surface area contributed by atoms with Gasteiger partial charge in [0.15, 0.2) is 0 Å². The number of esters is 1. The number of para-hydroxylation sites is 1. The zero-order chi connectivity index (χ0) is 19.2. The number of carbonyl (C=O) groups excluding carboxylic acids is 1. The van der Waals surface area contributed by atoms with E-state index in [-0.39, 0.29) is 12.6 Å². The molecular formula is C22H17N3O3. The molecule has 0 saturated heterocycles. The van der Waals surface area contributed by atoms with Crippen LogP contribution in [0, 0.1) is 0 Å². The number of hydrogen-bond acceptors (Lipinski definition) is 5. The van der Waals surface area contributed by atoms with Gasteiger partial charge in [-0.15, -0.1) is 0 Å². The average molecular weight is 371 g/mol. The summed E-state index contributed by atoms with van der Waals surface area (Å²) in [6.45, 7) is 0.169. The average Bonchev–Trinajstić information content (AvgIpc) is 3.16. The fourth-order valence-corrected chi connectivity index (χ4v) is 2.66. The van der Waals surface area contributed by atoms with E-state index in [0.29, 0.717) is 22.7 Å². The molecule has 28 heavy (non-hydrogen) atoms. The molecule has 1 N–H and O–H groups in total. The van der Waals surface area contributed by atoms with Gasteiger partial charge in [0.2, 0.25) is 5.88 Å². The van der Waals surface area contributed by atoms with E-state index in [0.717, 1.165) is 11.2 Å². The number of ether oxygens (including phenoxy) is 2. The second-order valence-electron chi connectivity index (χ2n) is 5.95. The van der Waals surface area contributed by atoms with Crippen LogP contribution < -0.4 is 4.74 Å². The maximum absolute atomic E-state index is 11.9. The number of rotatable bonds is 6. The SMILES string of the molecule is O=C(OC/C=C/c1cc2ncnc(Oc3ccccc3)c2[nH]1)c1ccccc1. The smallest absolute Gasteiger partial charge is 0.338 e. The number of fused-ring (bicyclic) bond motifs is 1. The number of nitrogens with one attached hydrogen (secondary N) is 1. The number of carbonyl (C=O) groups is 1. The minimum Gasteiger partial charge on any atom is -0.458 e. The molecule has 0 atom stereocenters. The van der Waals surface area contributed by atoms with Crippen LogP contribution in [0.2, 0.25) is 0 Å². The Morgan fingerprint density at radius 2 is 1.75 bits per heavy atom. The first-order chi connectivity index (χ1) is 13.8. The van der Waals surface area contributed by atoms with Gasteiger partial charge in [-0.3, -0.25) is 0 Å². The first-order valence-electron chi connectivity index (χ1n) is 8.75. The van der Waals surface area contributed by atoms with Gasteiger partial charge in [-0.2, -0.15) is 4.98 Å². The largest absolute Gasteiger partial charge is 0.458 e. The Balaban J connectivity index is 1.44. The van der Waals surface area contributed by atoms with Gasteiger partial charge in [-0.05, 0) is 42.5 Å². The van der Waals surface area contributed by atoms with Gasteiger partial charge >= 0.3 is 5.97 Å². The lowest BCUT2D eigenvalue weighted by Gasteiger charge is -2.04. The molecule has 0 radical (unpaired) electrons. The van der Waals surface area contributed by atoms with Crippen molar-refractivity contribution in [1.82, 2.24) is 15.0 Å². The second kappa shape index (κ2) is 8.18. The van der Waals surface area contributed by atoms with Crippen molar-refractivity contribution in [3.63, 3.8) is 0 Å². The monoisotopic (exact) mass is 371 g/mol. The van der Waals surface area contributed by atoms with Crippen LogP contribution in [0.5, 0.6) is 11.6 Å². The van der Waals surface area contributed by atoms with E-state index >= 15 is 0 Å². The zero-order valence-corrected chi connectivity index (χ0v) is 14.9. The third-order valence-electron chi connectivity index (χ3n) is 3.98. The fraction of sp³-hybridized carbons (Fsp3) is 0.0455. The Morgan fingerprint density at radius 3 is 2.54 bits per heavy atom. The highest BCUT2D eigenvalue weighted by Gasteiger charge is 2.09. The highest BCUT2D eigenvalue weighted by Crippen LogP contribution is 2.26. The van der Waals surface area contributed by atoms with Crippen LogP contribution in [-0.4, -0.2) is 27.5 Å². The molecule has 6 nitrogen and oxygen atoms in total. The molecule has 4 aromatic rings. The first kappa shape index (κ1) is 17.5. The Kier molecular flexibility index (Phi) is 5.11. The third-order valence-corrected chi connectivity index (χ3v) is 3.98. The number of aromatic nitrogens is 3. The summed E-state index contributed by atoms with van der Waals surface area (Å²) in [6.07, 6.45) is 5.05. The Labute approximate surface area is 161 Å². The Bertz CT molecular complexity index is 1110. The van der Waals surface area contributed by atoms with Crippen LogP contribution in [0.15, 0.2) is 79.1 Å². The van der Waals surface area contributed by atoms with Crippen molar-refractivity contribution in [2.45, 2.75) is 0 Å². The maximum Gasteiger partial charge on any atom is 0.338 e. The molecule has 0 aliphatic carbocycles. The fourth-order valence-electron chi connectivity index (χ4n) is 2.66. The molecule has 0 fully saturated rings. The topological polar surface area (TPSA) is 77.1 Å². The van der Waals surface area contributed by atoms with Crippen LogP contribution in [0.3, 0.4) is 0 Å². The van der Waals surface area contributed by atoms with Crippen molar-refractivity contribution in [1.29, 1.82) is 0 Å². The minimum absolute atomic E-state index is 0.169. The number of aromatic amines is 1. The molecule has 2 heterocycles. The molecule has 2 aromatic heterocycles. The number of benzene rings is 2. The lowest BCUT2D eigenvalue weighted by molar-refractivity contribution is 0.0550. The standard InChI is InChI=1S/C22H17N3O3/c26-22(16-8-3-1-4-9-16)27-13-7-10-17-14-19-20(25-17)21(24-15-23-19)28-18-11-5-2-6-12-18/h1-12,14-15,25H,13H2/b10-7+. The van der Waals surface area contributed by atoms with Crippen LogP contribution in [-0.2, 0) is 4.74 Å². The van der Waals surface area contributed by atoms with Crippen molar-refractivity contribution >= 4 is 23.1 Å². The molecule has 0 unspecified atom stereocenters. The summed E-state index contributed by atoms with van der Waals surface area (Å²) in [7, 11) is 0. The maximum atomic E-state index is 11.9. The Morgan fingerprint density at radius 1 is 1.00 bits per heavy atom. The van der Waals surface area contributed by atoms with Crippen LogP contribution in [0.4, 0.5) is 0 Å².